The Labute approximate surface area is 118 Å². The van der Waals surface area contributed by atoms with Gasteiger partial charge in [-0.1, -0.05) is 13.3 Å². The Morgan fingerprint density at radius 2 is 2.10 bits per heavy atom. The molecule has 2 aromatic rings. The van der Waals surface area contributed by atoms with Crippen molar-refractivity contribution in [2.24, 2.45) is 0 Å². The van der Waals surface area contributed by atoms with E-state index in [4.69, 9.17) is 0 Å². The molecule has 2 heterocycles. The molecule has 20 heavy (non-hydrogen) atoms. The van der Waals surface area contributed by atoms with Crippen LogP contribution in [-0.2, 0) is 5.54 Å². The van der Waals surface area contributed by atoms with Crippen molar-refractivity contribution in [3.8, 4) is 0 Å². The fourth-order valence-corrected chi connectivity index (χ4v) is 2.08. The van der Waals surface area contributed by atoms with Gasteiger partial charge < -0.3 is 4.90 Å². The third-order valence-electron chi connectivity index (χ3n) is 3.27. The molecular weight excluding hydrogens is 254 g/mol. The van der Waals surface area contributed by atoms with Crippen LogP contribution in [0.2, 0.25) is 0 Å². The molecule has 110 valence electrons. The number of anilines is 1. The second-order valence-electron chi connectivity index (χ2n) is 6.13. The lowest BCUT2D eigenvalue weighted by atomic mass is 10.1. The Bertz CT molecular complexity index is 650. The zero-order valence-electron chi connectivity index (χ0n) is 12.9. The maximum absolute atomic E-state index is 12.1. The van der Waals surface area contributed by atoms with E-state index < -0.39 is 0 Å². The fourth-order valence-electron chi connectivity index (χ4n) is 2.08. The van der Waals surface area contributed by atoms with Crippen molar-refractivity contribution in [3.05, 3.63) is 16.6 Å². The van der Waals surface area contributed by atoms with E-state index in [0.717, 1.165) is 19.4 Å². The molecule has 0 bridgehead atoms. The Morgan fingerprint density at radius 1 is 1.40 bits per heavy atom. The molecule has 0 aliphatic rings. The Morgan fingerprint density at radius 3 is 2.70 bits per heavy atom. The van der Waals surface area contributed by atoms with Gasteiger partial charge in [-0.25, -0.2) is 4.68 Å². The van der Waals surface area contributed by atoms with Gasteiger partial charge in [-0.15, -0.1) is 0 Å². The summed E-state index contributed by atoms with van der Waals surface area (Å²) in [6.07, 6.45) is 3.76. The first kappa shape index (κ1) is 14.6. The van der Waals surface area contributed by atoms with Gasteiger partial charge in [0, 0.05) is 13.6 Å². The van der Waals surface area contributed by atoms with Crippen molar-refractivity contribution in [3.63, 3.8) is 0 Å². The van der Waals surface area contributed by atoms with Crippen LogP contribution in [0.4, 0.5) is 5.95 Å². The molecule has 0 radical (unpaired) electrons. The van der Waals surface area contributed by atoms with Gasteiger partial charge in [-0.2, -0.15) is 10.1 Å². The predicted octanol–water partition coefficient (Wildman–Crippen LogP) is 2.11. The molecule has 1 N–H and O–H groups in total. The van der Waals surface area contributed by atoms with Gasteiger partial charge in [0.25, 0.3) is 5.56 Å². The van der Waals surface area contributed by atoms with Crippen LogP contribution in [0, 0.1) is 0 Å². The molecule has 0 spiro atoms. The van der Waals surface area contributed by atoms with Crippen molar-refractivity contribution in [1.29, 1.82) is 0 Å². The van der Waals surface area contributed by atoms with Crippen LogP contribution >= 0.6 is 0 Å². The predicted molar refractivity (Wildman–Crippen MR) is 81.3 cm³/mol. The quantitative estimate of drug-likeness (QED) is 0.929. The standard InChI is InChI=1S/C14H23N5O/c1-6-7-8-18(5)13-16-11-10(12(20)17-13)9-15-19(11)14(2,3)4/h9H,6-8H2,1-5H3,(H,16,17,20). The first-order valence-corrected chi connectivity index (χ1v) is 7.04. The zero-order valence-corrected chi connectivity index (χ0v) is 12.9. The van der Waals surface area contributed by atoms with E-state index in [1.807, 2.05) is 32.7 Å². The van der Waals surface area contributed by atoms with Crippen molar-refractivity contribution < 1.29 is 0 Å². The van der Waals surface area contributed by atoms with E-state index in [9.17, 15) is 4.79 Å². The second kappa shape index (κ2) is 5.26. The summed E-state index contributed by atoms with van der Waals surface area (Å²) in [5, 5.41) is 4.84. The number of nitrogens with one attached hydrogen (secondary N) is 1. The lowest BCUT2D eigenvalue weighted by Crippen LogP contribution is -2.27. The van der Waals surface area contributed by atoms with Crippen molar-refractivity contribution in [2.45, 2.75) is 46.1 Å². The number of nitrogens with zero attached hydrogens (tertiary/aromatic N) is 4. The van der Waals surface area contributed by atoms with Gasteiger partial charge in [0.15, 0.2) is 5.65 Å². The lowest BCUT2D eigenvalue weighted by Gasteiger charge is -2.21. The van der Waals surface area contributed by atoms with Gasteiger partial charge in [0.1, 0.15) is 5.39 Å². The third kappa shape index (κ3) is 2.69. The first-order valence-electron chi connectivity index (χ1n) is 7.04. The minimum atomic E-state index is -0.207. The van der Waals surface area contributed by atoms with Crippen LogP contribution < -0.4 is 10.5 Å². The molecule has 6 heteroatoms. The van der Waals surface area contributed by atoms with Crippen LogP contribution in [-0.4, -0.2) is 33.3 Å². The van der Waals surface area contributed by atoms with Crippen molar-refractivity contribution in [1.82, 2.24) is 19.7 Å². The van der Waals surface area contributed by atoms with Crippen LogP contribution in [0.25, 0.3) is 11.0 Å². The highest BCUT2D eigenvalue weighted by molar-refractivity contribution is 5.74. The summed E-state index contributed by atoms with van der Waals surface area (Å²) in [4.78, 5) is 21.5. The van der Waals surface area contributed by atoms with E-state index in [1.165, 1.54) is 0 Å². The number of aromatic nitrogens is 4. The maximum Gasteiger partial charge on any atom is 0.263 e. The lowest BCUT2D eigenvalue weighted by molar-refractivity contribution is 0.366. The summed E-state index contributed by atoms with van der Waals surface area (Å²) in [7, 11) is 1.94. The number of rotatable bonds is 4. The number of H-pyrrole nitrogens is 1. The normalized spacial score (nSPS) is 12.1. The molecule has 0 fully saturated rings. The topological polar surface area (TPSA) is 66.8 Å². The summed E-state index contributed by atoms with van der Waals surface area (Å²) in [5.41, 5.74) is 0.297. The van der Waals surface area contributed by atoms with Crippen LogP contribution in [0.1, 0.15) is 40.5 Å². The highest BCUT2D eigenvalue weighted by atomic mass is 16.1. The fraction of sp³-hybridized carbons (Fsp3) is 0.643. The molecule has 6 nitrogen and oxygen atoms in total. The highest BCUT2D eigenvalue weighted by Gasteiger charge is 2.20. The number of unbranched alkanes of at least 4 members (excludes halogenated alkanes) is 1. The summed E-state index contributed by atoms with van der Waals surface area (Å²) in [6.45, 7) is 9.14. The Kier molecular flexibility index (Phi) is 3.83. The Hall–Kier alpha value is -1.85. The molecule has 0 unspecified atom stereocenters. The van der Waals surface area contributed by atoms with E-state index in [0.29, 0.717) is 17.0 Å². The van der Waals surface area contributed by atoms with Gasteiger partial charge in [0.05, 0.1) is 11.7 Å². The van der Waals surface area contributed by atoms with Crippen molar-refractivity contribution in [2.75, 3.05) is 18.5 Å². The van der Waals surface area contributed by atoms with Gasteiger partial charge in [-0.05, 0) is 27.2 Å². The molecule has 0 amide bonds. The Balaban J connectivity index is 2.52. The first-order chi connectivity index (χ1) is 9.34. The van der Waals surface area contributed by atoms with Crippen LogP contribution in [0.15, 0.2) is 11.0 Å². The monoisotopic (exact) mass is 277 g/mol. The summed E-state index contributed by atoms with van der Waals surface area (Å²) < 4.78 is 1.80. The van der Waals surface area contributed by atoms with E-state index >= 15 is 0 Å². The number of hydrogen-bond acceptors (Lipinski definition) is 4. The van der Waals surface area contributed by atoms with Gasteiger partial charge in [-0.3, -0.25) is 9.78 Å². The number of aromatic amines is 1. The van der Waals surface area contributed by atoms with Crippen LogP contribution in [0.5, 0.6) is 0 Å². The summed E-state index contributed by atoms with van der Waals surface area (Å²) in [6, 6.07) is 0. The molecule has 2 aromatic heterocycles. The largest absolute Gasteiger partial charge is 0.345 e. The van der Waals surface area contributed by atoms with Crippen molar-refractivity contribution >= 4 is 17.0 Å². The van der Waals surface area contributed by atoms with Crippen LogP contribution in [0.3, 0.4) is 0 Å². The average Bonchev–Trinajstić information content (AvgIpc) is 2.79. The SMILES string of the molecule is CCCCN(C)c1nc2c(cnn2C(C)(C)C)c(=O)[nH]1. The average molecular weight is 277 g/mol. The molecule has 0 aliphatic carbocycles. The number of fused-ring (bicyclic) bond motifs is 1. The maximum atomic E-state index is 12.1. The molecular formula is C14H23N5O. The van der Waals surface area contributed by atoms with Gasteiger partial charge in [0.2, 0.25) is 5.95 Å². The molecule has 2 rings (SSSR count). The molecule has 0 saturated heterocycles. The minimum Gasteiger partial charge on any atom is -0.345 e. The third-order valence-corrected chi connectivity index (χ3v) is 3.27. The van der Waals surface area contributed by atoms with Gasteiger partial charge >= 0.3 is 0 Å². The summed E-state index contributed by atoms with van der Waals surface area (Å²) >= 11 is 0. The molecule has 0 saturated carbocycles. The molecule has 0 aliphatic heterocycles. The molecule has 0 aromatic carbocycles. The minimum absolute atomic E-state index is 0.135. The molecule has 0 atom stereocenters. The zero-order chi connectivity index (χ0) is 14.9. The number of hydrogen-bond donors (Lipinski definition) is 1. The summed E-state index contributed by atoms with van der Waals surface area (Å²) in [5.74, 6) is 0.599. The van der Waals surface area contributed by atoms with E-state index in [-0.39, 0.29) is 11.1 Å². The second-order valence-corrected chi connectivity index (χ2v) is 6.13. The van der Waals surface area contributed by atoms with E-state index in [1.54, 1.807) is 10.9 Å². The highest BCUT2D eigenvalue weighted by Crippen LogP contribution is 2.19. The smallest absolute Gasteiger partial charge is 0.263 e. The van der Waals surface area contributed by atoms with E-state index in [2.05, 4.69) is 22.0 Å².